The third-order valence-electron chi connectivity index (χ3n) is 11.3. The molecule has 1 aromatic heterocycles. The molecule has 0 amide bonds. The van der Waals surface area contributed by atoms with Gasteiger partial charge in [0.25, 0.3) is 0 Å². The van der Waals surface area contributed by atoms with E-state index >= 15 is 0 Å². The summed E-state index contributed by atoms with van der Waals surface area (Å²) in [5.41, 5.74) is 3.15. The molecule has 0 fully saturated rings. The Hall–Kier alpha value is -6.75. The van der Waals surface area contributed by atoms with Gasteiger partial charge < -0.3 is 18.9 Å². The van der Waals surface area contributed by atoms with Gasteiger partial charge in [0, 0.05) is 6.20 Å². The number of benzene rings is 7. The highest BCUT2D eigenvalue weighted by atomic mass is 31.2. The van der Waals surface area contributed by atoms with Gasteiger partial charge in [-0.15, -0.1) is 0 Å². The van der Waals surface area contributed by atoms with E-state index in [1.165, 1.54) is 4.57 Å². The number of anilines is 1. The van der Waals surface area contributed by atoms with Crippen molar-refractivity contribution in [3.63, 3.8) is 0 Å². The van der Waals surface area contributed by atoms with E-state index in [1.54, 1.807) is 24.4 Å². The molecule has 0 aliphatic rings. The molecule has 0 aliphatic carbocycles. The van der Waals surface area contributed by atoms with Crippen molar-refractivity contribution < 1.29 is 28.3 Å². The summed E-state index contributed by atoms with van der Waals surface area (Å²) >= 11 is 0. The zero-order valence-corrected chi connectivity index (χ0v) is 36.8. The molecule has 2 unspecified atom stereocenters. The van der Waals surface area contributed by atoms with Crippen molar-refractivity contribution in [2.75, 3.05) is 25.1 Å². The van der Waals surface area contributed by atoms with Crippen LogP contribution in [-0.4, -0.2) is 40.6 Å². The summed E-state index contributed by atoms with van der Waals surface area (Å²) in [7, 11) is -2.74. The zero-order valence-electron chi connectivity index (χ0n) is 36.0. The highest BCUT2D eigenvalue weighted by Crippen LogP contribution is 2.46. The van der Waals surface area contributed by atoms with Crippen LogP contribution in [0.25, 0.3) is 0 Å². The van der Waals surface area contributed by atoms with E-state index in [0.717, 1.165) is 38.9 Å². The molecule has 8 aromatic rings. The second-order valence-electron chi connectivity index (χ2n) is 15.4. The number of hydrogen-bond acceptors (Lipinski definition) is 8. The Kier molecular flexibility index (Phi) is 14.4. The molecule has 7 aromatic carbocycles. The lowest BCUT2D eigenvalue weighted by atomic mass is 9.76. The van der Waals surface area contributed by atoms with Crippen molar-refractivity contribution in [2.24, 2.45) is 0 Å². The Labute approximate surface area is 379 Å². The molecule has 1 heterocycles. The summed E-state index contributed by atoms with van der Waals surface area (Å²) in [6.07, 6.45) is 0.0170. The van der Waals surface area contributed by atoms with Gasteiger partial charge in [0.15, 0.2) is 5.82 Å². The number of hydrogen-bond donors (Lipinski definition) is 1. The molecule has 10 nitrogen and oxygen atoms in total. The lowest BCUT2D eigenvalue weighted by molar-refractivity contribution is -0.0636. The third kappa shape index (κ3) is 9.99. The first-order valence-electron chi connectivity index (χ1n) is 21.3. The summed E-state index contributed by atoms with van der Waals surface area (Å²) in [6.45, 7) is -0.294. The molecule has 65 heavy (non-hydrogen) atoms. The number of nitrogens with zero attached hydrogens (tertiary/aromatic N) is 3. The Morgan fingerprint density at radius 3 is 1.40 bits per heavy atom. The molecular formula is C54H50N3O7P. The maximum Gasteiger partial charge on any atom is 0.353 e. The van der Waals surface area contributed by atoms with Crippen molar-refractivity contribution in [2.45, 2.75) is 30.4 Å². The monoisotopic (exact) mass is 883 g/mol. The standard InChI is InChI=1S/C54H50N3O7P/c1-61-57(53(44-25-11-3-12-26-44,45-27-13-4-14-28-45)46-29-15-5-16-30-46)51-37-38-56(52(58)55-51)39-50(62-42-65(59,60)64-40-43-23-9-2-10-24-43)41-63-54(47-31-17-6-18-32-47,48-33-19-7-20-34-48)49-35-21-8-22-36-49/h2-38,50H,39-42H2,1H3,(H,59,60). The number of rotatable bonds is 20. The van der Waals surface area contributed by atoms with Gasteiger partial charge >= 0.3 is 13.3 Å². The van der Waals surface area contributed by atoms with Crippen molar-refractivity contribution in [1.82, 2.24) is 9.55 Å². The normalized spacial score (nSPS) is 13.1. The van der Waals surface area contributed by atoms with Gasteiger partial charge in [-0.25, -0.2) is 9.86 Å². The molecule has 0 bridgehead atoms. The number of hydroxylamine groups is 1. The molecule has 0 aliphatic heterocycles. The molecule has 0 saturated heterocycles. The molecule has 11 heteroatoms. The van der Waals surface area contributed by atoms with Crippen molar-refractivity contribution in [1.29, 1.82) is 0 Å². The van der Waals surface area contributed by atoms with Crippen LogP contribution in [0, 0.1) is 0 Å². The Balaban J connectivity index is 1.17. The lowest BCUT2D eigenvalue weighted by Gasteiger charge is -2.44. The molecule has 0 spiro atoms. The van der Waals surface area contributed by atoms with Crippen LogP contribution in [0.1, 0.15) is 38.9 Å². The predicted molar refractivity (Wildman–Crippen MR) is 253 cm³/mol. The van der Waals surface area contributed by atoms with Crippen LogP contribution in [-0.2, 0) is 47.7 Å². The summed E-state index contributed by atoms with van der Waals surface area (Å²) in [4.78, 5) is 36.4. The largest absolute Gasteiger partial charge is 0.361 e. The summed E-state index contributed by atoms with van der Waals surface area (Å²) in [6, 6.07) is 70.3. The number of aromatic nitrogens is 2. The quantitative estimate of drug-likeness (QED) is 0.0454. The van der Waals surface area contributed by atoms with Gasteiger partial charge in [-0.3, -0.25) is 14.0 Å². The number of ether oxygens (including phenoxy) is 2. The SMILES string of the molecule is CON(c1ccn(CC(COC(c2ccccc2)(c2ccccc2)c2ccccc2)OCP(=O)(O)OCc2ccccc2)c(=O)n1)C(c1ccccc1)(c1ccccc1)c1ccccc1. The van der Waals surface area contributed by atoms with Crippen LogP contribution >= 0.6 is 7.60 Å². The molecular weight excluding hydrogens is 834 g/mol. The van der Waals surface area contributed by atoms with Gasteiger partial charge in [0.05, 0.1) is 33.0 Å². The van der Waals surface area contributed by atoms with E-state index in [1.807, 2.05) is 212 Å². The molecule has 0 saturated carbocycles. The van der Waals surface area contributed by atoms with Gasteiger partial charge in [0.2, 0.25) is 0 Å². The minimum Gasteiger partial charge on any atom is -0.361 e. The second-order valence-corrected chi connectivity index (χ2v) is 17.2. The van der Waals surface area contributed by atoms with E-state index in [0.29, 0.717) is 0 Å². The highest BCUT2D eigenvalue weighted by Gasteiger charge is 2.44. The first-order chi connectivity index (χ1) is 31.8. The molecule has 2 atom stereocenters. The maximum absolute atomic E-state index is 14.4. The first kappa shape index (κ1) is 44.8. The molecule has 1 N–H and O–H groups in total. The lowest BCUT2D eigenvalue weighted by Crippen LogP contribution is -2.49. The van der Waals surface area contributed by atoms with Crippen molar-refractivity contribution in [3.8, 4) is 0 Å². The van der Waals surface area contributed by atoms with E-state index in [-0.39, 0.29) is 25.6 Å². The van der Waals surface area contributed by atoms with Gasteiger partial charge in [-0.1, -0.05) is 212 Å². The van der Waals surface area contributed by atoms with Crippen LogP contribution in [0.5, 0.6) is 0 Å². The smallest absolute Gasteiger partial charge is 0.353 e. The van der Waals surface area contributed by atoms with E-state index in [9.17, 15) is 14.3 Å². The average Bonchev–Trinajstić information content (AvgIpc) is 3.37. The Bertz CT molecular complexity index is 2610. The van der Waals surface area contributed by atoms with E-state index < -0.39 is 36.9 Å². The maximum atomic E-state index is 14.4. The second kappa shape index (κ2) is 20.8. The van der Waals surface area contributed by atoms with Crippen LogP contribution in [0.15, 0.2) is 229 Å². The Morgan fingerprint density at radius 2 is 1.00 bits per heavy atom. The van der Waals surface area contributed by atoms with Crippen molar-refractivity contribution >= 4 is 13.4 Å². The van der Waals surface area contributed by atoms with E-state index in [2.05, 4.69) is 4.98 Å². The highest BCUT2D eigenvalue weighted by molar-refractivity contribution is 7.52. The summed E-state index contributed by atoms with van der Waals surface area (Å²) in [5, 5.41) is 1.66. The molecule has 328 valence electrons. The fourth-order valence-electron chi connectivity index (χ4n) is 8.31. The molecule has 0 radical (unpaired) electrons. The predicted octanol–water partition coefficient (Wildman–Crippen LogP) is 10.4. The van der Waals surface area contributed by atoms with Crippen LogP contribution in [0.3, 0.4) is 0 Å². The Morgan fingerprint density at radius 1 is 0.600 bits per heavy atom. The zero-order chi connectivity index (χ0) is 45.0. The average molecular weight is 884 g/mol. The molecule has 8 rings (SSSR count). The van der Waals surface area contributed by atoms with Gasteiger partial charge in [0.1, 0.15) is 17.5 Å². The summed E-state index contributed by atoms with van der Waals surface area (Å²) in [5.74, 6) is 0.254. The van der Waals surface area contributed by atoms with Crippen molar-refractivity contribution in [3.05, 3.63) is 274 Å². The minimum atomic E-state index is -4.30. The van der Waals surface area contributed by atoms with Gasteiger partial charge in [-0.2, -0.15) is 4.98 Å². The van der Waals surface area contributed by atoms with Crippen LogP contribution in [0.2, 0.25) is 0 Å². The topological polar surface area (TPSA) is 112 Å². The minimum absolute atomic E-state index is 0.0877. The third-order valence-corrected chi connectivity index (χ3v) is 12.3. The summed E-state index contributed by atoms with van der Waals surface area (Å²) < 4.78 is 33.9. The first-order valence-corrected chi connectivity index (χ1v) is 23.1. The van der Waals surface area contributed by atoms with Crippen LogP contribution < -0.4 is 10.8 Å². The van der Waals surface area contributed by atoms with Crippen LogP contribution in [0.4, 0.5) is 5.82 Å². The van der Waals surface area contributed by atoms with Gasteiger partial charge in [-0.05, 0) is 45.0 Å². The fraction of sp³-hybridized carbons (Fsp3) is 0.148. The fourth-order valence-corrected chi connectivity index (χ4v) is 9.13. The van der Waals surface area contributed by atoms with E-state index in [4.69, 9.17) is 18.8 Å².